The van der Waals surface area contributed by atoms with Crippen LogP contribution in [0.15, 0.2) is 85.1 Å². The first-order chi connectivity index (χ1) is 40.0. The first-order valence-electron chi connectivity index (χ1n) is 35.1. The van der Waals surface area contributed by atoms with E-state index in [1.165, 1.54) is 238 Å². The summed E-state index contributed by atoms with van der Waals surface area (Å²) in [6.45, 7) is 6.47. The highest BCUT2D eigenvalue weighted by Crippen LogP contribution is 2.18. The van der Waals surface area contributed by atoms with E-state index >= 15 is 0 Å². The van der Waals surface area contributed by atoms with Crippen LogP contribution < -0.4 is 0 Å². The Morgan fingerprint density at radius 3 is 0.815 bits per heavy atom. The third-order valence-corrected chi connectivity index (χ3v) is 15.4. The molecule has 0 heterocycles. The third kappa shape index (κ3) is 67.3. The van der Waals surface area contributed by atoms with Gasteiger partial charge in [-0.3, -0.25) is 14.4 Å². The molecule has 1 atom stereocenters. The van der Waals surface area contributed by atoms with Crippen LogP contribution in [-0.2, 0) is 28.6 Å². The van der Waals surface area contributed by atoms with Gasteiger partial charge in [0.05, 0.1) is 6.42 Å². The van der Waals surface area contributed by atoms with E-state index in [1.54, 1.807) is 6.08 Å². The number of ether oxygens (including phenoxy) is 3. The Hall–Kier alpha value is -3.41. The molecule has 0 aromatic carbocycles. The van der Waals surface area contributed by atoms with Gasteiger partial charge in [-0.2, -0.15) is 0 Å². The van der Waals surface area contributed by atoms with Gasteiger partial charge >= 0.3 is 17.9 Å². The summed E-state index contributed by atoms with van der Waals surface area (Å²) < 4.78 is 16.8. The fraction of sp³-hybridized carbons (Fsp3) is 0.773. The van der Waals surface area contributed by atoms with Crippen molar-refractivity contribution in [3.63, 3.8) is 0 Å². The number of unbranched alkanes of at least 4 members (excludes halogenated alkanes) is 40. The van der Waals surface area contributed by atoms with E-state index in [9.17, 15) is 14.4 Å². The normalized spacial score (nSPS) is 12.6. The summed E-state index contributed by atoms with van der Waals surface area (Å²) >= 11 is 0. The molecule has 0 bridgehead atoms. The van der Waals surface area contributed by atoms with Crippen LogP contribution in [0.2, 0.25) is 0 Å². The molecule has 0 aliphatic rings. The summed E-state index contributed by atoms with van der Waals surface area (Å²) in [5.41, 5.74) is 0. The Kier molecular flexibility index (Phi) is 66.2. The van der Waals surface area contributed by atoms with E-state index in [0.29, 0.717) is 12.8 Å². The van der Waals surface area contributed by atoms with Gasteiger partial charge in [0.25, 0.3) is 0 Å². The van der Waals surface area contributed by atoms with Gasteiger partial charge in [0.15, 0.2) is 6.10 Å². The highest BCUT2D eigenvalue weighted by molar-refractivity contribution is 5.72. The fourth-order valence-corrected chi connectivity index (χ4v) is 10.2. The zero-order chi connectivity index (χ0) is 58.5. The molecule has 0 aliphatic heterocycles. The Morgan fingerprint density at radius 1 is 0.272 bits per heavy atom. The number of esters is 3. The second-order valence-electron chi connectivity index (χ2n) is 23.4. The Labute approximate surface area is 503 Å². The summed E-state index contributed by atoms with van der Waals surface area (Å²) in [6, 6.07) is 0. The Bertz CT molecular complexity index is 1530. The van der Waals surface area contributed by atoms with E-state index in [0.717, 1.165) is 77.0 Å². The minimum Gasteiger partial charge on any atom is -0.462 e. The summed E-state index contributed by atoms with van der Waals surface area (Å²) in [6.07, 6.45) is 92.4. The van der Waals surface area contributed by atoms with Crippen molar-refractivity contribution < 1.29 is 28.6 Å². The number of hydrogen-bond acceptors (Lipinski definition) is 6. The Balaban J connectivity index is 4.12. The average Bonchev–Trinajstić information content (AvgIpc) is 3.46. The molecule has 0 aliphatic carbocycles. The van der Waals surface area contributed by atoms with Crippen LogP contribution in [0.25, 0.3) is 0 Å². The standard InChI is InChI=1S/C75H132O6/c1-4-7-10-13-16-19-22-25-27-28-29-30-31-32-33-34-35-36-37-38-39-40-41-42-43-44-45-46-48-50-53-56-59-62-65-68-74(77)80-71-72(70-79-73(76)67-64-61-58-55-52-49-24-21-18-15-12-9-6-3)81-75(78)69-66-63-60-57-54-51-47-26-23-20-17-14-11-8-5-2/h8,11,17,20,22,25-26,28-29,47,54,57,63,66,72H,4-7,9-10,12-16,18-19,21,23-24,27,30-46,48-53,55-56,58-62,64-65,67-71H2,1-3H3/b11-8-,20-17-,25-22-,29-28-,47-26-,57-54-,66-63-. The summed E-state index contributed by atoms with van der Waals surface area (Å²) in [5.74, 6) is -1.02. The van der Waals surface area contributed by atoms with Crippen molar-refractivity contribution >= 4 is 17.9 Å². The molecule has 81 heavy (non-hydrogen) atoms. The number of carbonyl (C=O) groups excluding carboxylic acids is 3. The SMILES string of the molecule is CC/C=C\C/C=C\C/C=C\C/C=C\C/C=C\CC(=O)OC(COC(=O)CCCCCCCCCCCCCCC)COC(=O)CCCCCCCCCCCCCCCCCCCCCCCCC/C=C\C/C=C\CCCCCCC. The fourth-order valence-electron chi connectivity index (χ4n) is 10.2. The monoisotopic (exact) mass is 1130 g/mol. The topological polar surface area (TPSA) is 78.9 Å². The smallest absolute Gasteiger partial charge is 0.310 e. The van der Waals surface area contributed by atoms with Gasteiger partial charge in [-0.15, -0.1) is 0 Å². The molecule has 0 rings (SSSR count). The average molecular weight is 1130 g/mol. The Morgan fingerprint density at radius 2 is 0.519 bits per heavy atom. The van der Waals surface area contributed by atoms with E-state index < -0.39 is 12.1 Å². The van der Waals surface area contributed by atoms with E-state index in [-0.39, 0.29) is 31.6 Å². The van der Waals surface area contributed by atoms with Crippen LogP contribution in [-0.4, -0.2) is 37.2 Å². The predicted octanol–water partition coefficient (Wildman–Crippen LogP) is 24.2. The second-order valence-corrected chi connectivity index (χ2v) is 23.4. The van der Waals surface area contributed by atoms with E-state index in [2.05, 4.69) is 93.7 Å². The van der Waals surface area contributed by atoms with Crippen LogP contribution in [0.5, 0.6) is 0 Å². The maximum Gasteiger partial charge on any atom is 0.310 e. The van der Waals surface area contributed by atoms with Gasteiger partial charge in [0.1, 0.15) is 13.2 Å². The zero-order valence-electron chi connectivity index (χ0n) is 53.8. The molecule has 1 unspecified atom stereocenters. The lowest BCUT2D eigenvalue weighted by Crippen LogP contribution is -2.30. The van der Waals surface area contributed by atoms with Crippen molar-refractivity contribution in [2.45, 2.75) is 361 Å². The summed E-state index contributed by atoms with van der Waals surface area (Å²) in [4.78, 5) is 38.2. The maximum absolute atomic E-state index is 12.8. The maximum atomic E-state index is 12.8. The van der Waals surface area contributed by atoms with Crippen LogP contribution in [0.3, 0.4) is 0 Å². The lowest BCUT2D eigenvalue weighted by molar-refractivity contribution is -0.166. The van der Waals surface area contributed by atoms with Crippen LogP contribution >= 0.6 is 0 Å². The van der Waals surface area contributed by atoms with Crippen molar-refractivity contribution in [2.75, 3.05) is 13.2 Å². The van der Waals surface area contributed by atoms with Crippen molar-refractivity contribution in [3.05, 3.63) is 85.1 Å². The molecule has 0 radical (unpaired) electrons. The van der Waals surface area contributed by atoms with E-state index in [1.807, 2.05) is 6.08 Å². The minimum absolute atomic E-state index is 0.100. The molecule has 468 valence electrons. The molecule has 0 aromatic heterocycles. The van der Waals surface area contributed by atoms with Gasteiger partial charge < -0.3 is 14.2 Å². The largest absolute Gasteiger partial charge is 0.462 e. The minimum atomic E-state index is -0.828. The molecular formula is C75H132O6. The van der Waals surface area contributed by atoms with Gasteiger partial charge in [0, 0.05) is 12.8 Å². The quantitative estimate of drug-likeness (QED) is 0.0261. The number of hydrogen-bond donors (Lipinski definition) is 0. The molecule has 0 fully saturated rings. The molecule has 0 N–H and O–H groups in total. The predicted molar refractivity (Wildman–Crippen MR) is 353 cm³/mol. The van der Waals surface area contributed by atoms with Gasteiger partial charge in [-0.05, 0) is 77.0 Å². The molecule has 0 saturated heterocycles. The molecule has 0 amide bonds. The second kappa shape index (κ2) is 69.1. The number of carbonyl (C=O) groups is 3. The summed E-state index contributed by atoms with van der Waals surface area (Å²) in [7, 11) is 0. The lowest BCUT2D eigenvalue weighted by atomic mass is 10.0. The highest BCUT2D eigenvalue weighted by atomic mass is 16.6. The van der Waals surface area contributed by atoms with Crippen LogP contribution in [0.1, 0.15) is 355 Å². The van der Waals surface area contributed by atoms with Crippen molar-refractivity contribution in [1.82, 2.24) is 0 Å². The van der Waals surface area contributed by atoms with Crippen molar-refractivity contribution in [2.24, 2.45) is 0 Å². The van der Waals surface area contributed by atoms with Gasteiger partial charge in [-0.1, -0.05) is 343 Å². The number of rotatable bonds is 64. The molecule has 0 saturated carbocycles. The first-order valence-corrected chi connectivity index (χ1v) is 35.1. The van der Waals surface area contributed by atoms with Crippen molar-refractivity contribution in [3.8, 4) is 0 Å². The molecule has 0 spiro atoms. The lowest BCUT2D eigenvalue weighted by Gasteiger charge is -2.18. The van der Waals surface area contributed by atoms with Crippen molar-refractivity contribution in [1.29, 1.82) is 0 Å². The third-order valence-electron chi connectivity index (χ3n) is 15.4. The highest BCUT2D eigenvalue weighted by Gasteiger charge is 2.19. The van der Waals surface area contributed by atoms with Crippen LogP contribution in [0.4, 0.5) is 0 Å². The molecular weight excluding hydrogens is 997 g/mol. The molecule has 6 heteroatoms. The summed E-state index contributed by atoms with van der Waals surface area (Å²) in [5, 5.41) is 0. The first kappa shape index (κ1) is 77.6. The van der Waals surface area contributed by atoms with E-state index in [4.69, 9.17) is 14.2 Å². The zero-order valence-corrected chi connectivity index (χ0v) is 53.8. The molecule has 6 nitrogen and oxygen atoms in total. The van der Waals surface area contributed by atoms with Gasteiger partial charge in [-0.25, -0.2) is 0 Å². The van der Waals surface area contributed by atoms with Gasteiger partial charge in [0.2, 0.25) is 0 Å². The van der Waals surface area contributed by atoms with Crippen LogP contribution in [0, 0.1) is 0 Å². The molecule has 0 aromatic rings. The number of allylic oxidation sites excluding steroid dienone is 13.